The third-order valence-electron chi connectivity index (χ3n) is 3.60. The van der Waals surface area contributed by atoms with Gasteiger partial charge in [-0.1, -0.05) is 26.7 Å². The Morgan fingerprint density at radius 2 is 1.85 bits per heavy atom. The van der Waals surface area contributed by atoms with E-state index in [1.165, 1.54) is 12.1 Å². The van der Waals surface area contributed by atoms with E-state index in [4.69, 9.17) is 5.26 Å². The Morgan fingerprint density at radius 1 is 1.25 bits per heavy atom. The van der Waals surface area contributed by atoms with Crippen molar-refractivity contribution >= 4 is 5.69 Å². The number of halogens is 3. The van der Waals surface area contributed by atoms with E-state index in [0.717, 1.165) is 18.9 Å². The normalized spacial score (nSPS) is 13.1. The SMILES string of the molecule is CCC(CC)C(C)Nc1ccc(C(F)(F)F)c(C#N)c1. The summed E-state index contributed by atoms with van der Waals surface area (Å²) in [7, 11) is 0. The fraction of sp³-hybridized carbons (Fsp3) is 0.533. The zero-order valence-electron chi connectivity index (χ0n) is 11.9. The van der Waals surface area contributed by atoms with Gasteiger partial charge in [-0.2, -0.15) is 18.4 Å². The highest BCUT2D eigenvalue weighted by Crippen LogP contribution is 2.33. The Hall–Kier alpha value is -1.70. The second kappa shape index (κ2) is 6.65. The van der Waals surface area contributed by atoms with Crippen molar-refractivity contribution in [1.29, 1.82) is 5.26 Å². The molecule has 0 aliphatic heterocycles. The number of alkyl halides is 3. The minimum absolute atomic E-state index is 0.147. The van der Waals surface area contributed by atoms with Crippen LogP contribution in [0.25, 0.3) is 0 Å². The molecule has 0 radical (unpaired) electrons. The number of anilines is 1. The maximum atomic E-state index is 12.7. The molecule has 20 heavy (non-hydrogen) atoms. The summed E-state index contributed by atoms with van der Waals surface area (Å²) in [5, 5.41) is 12.0. The first-order valence-corrected chi connectivity index (χ1v) is 6.71. The molecule has 0 fully saturated rings. The lowest BCUT2D eigenvalue weighted by atomic mass is 9.95. The number of hydrogen-bond acceptors (Lipinski definition) is 2. The Morgan fingerprint density at radius 3 is 2.30 bits per heavy atom. The van der Waals surface area contributed by atoms with Crippen LogP contribution >= 0.6 is 0 Å². The maximum Gasteiger partial charge on any atom is 0.417 e. The quantitative estimate of drug-likeness (QED) is 0.842. The molecule has 0 saturated heterocycles. The topological polar surface area (TPSA) is 35.8 Å². The Bertz CT molecular complexity index is 485. The number of hydrogen-bond donors (Lipinski definition) is 1. The largest absolute Gasteiger partial charge is 0.417 e. The third-order valence-corrected chi connectivity index (χ3v) is 3.60. The van der Waals surface area contributed by atoms with Gasteiger partial charge in [-0.15, -0.1) is 0 Å². The molecule has 0 amide bonds. The summed E-state index contributed by atoms with van der Waals surface area (Å²) >= 11 is 0. The minimum atomic E-state index is -4.50. The van der Waals surface area contributed by atoms with Crippen molar-refractivity contribution in [3.05, 3.63) is 29.3 Å². The summed E-state index contributed by atoms with van der Waals surface area (Å²) in [6.07, 6.45) is -2.50. The smallest absolute Gasteiger partial charge is 0.382 e. The van der Waals surface area contributed by atoms with Crippen LogP contribution in [0.3, 0.4) is 0 Å². The van der Waals surface area contributed by atoms with Crippen LogP contribution in [0.1, 0.15) is 44.7 Å². The number of nitriles is 1. The monoisotopic (exact) mass is 284 g/mol. The van der Waals surface area contributed by atoms with E-state index < -0.39 is 11.7 Å². The van der Waals surface area contributed by atoms with E-state index in [2.05, 4.69) is 19.2 Å². The van der Waals surface area contributed by atoms with Crippen molar-refractivity contribution < 1.29 is 13.2 Å². The zero-order chi connectivity index (χ0) is 15.3. The van der Waals surface area contributed by atoms with Gasteiger partial charge in [0.1, 0.15) is 0 Å². The first-order valence-electron chi connectivity index (χ1n) is 6.71. The lowest BCUT2D eigenvalue weighted by Crippen LogP contribution is -2.25. The Labute approximate surface area is 117 Å². The minimum Gasteiger partial charge on any atom is -0.382 e. The number of nitrogens with zero attached hydrogens (tertiary/aromatic N) is 1. The average molecular weight is 284 g/mol. The van der Waals surface area contributed by atoms with Crippen LogP contribution in [0, 0.1) is 17.2 Å². The predicted molar refractivity (Wildman–Crippen MR) is 73.3 cm³/mol. The van der Waals surface area contributed by atoms with Crippen LogP contribution in [0.15, 0.2) is 18.2 Å². The second-order valence-electron chi connectivity index (χ2n) is 4.88. The molecule has 0 aromatic heterocycles. The summed E-state index contributed by atoms with van der Waals surface area (Å²) in [4.78, 5) is 0. The van der Waals surface area contributed by atoms with Crippen molar-refractivity contribution in [2.75, 3.05) is 5.32 Å². The molecule has 0 aliphatic carbocycles. The highest BCUT2D eigenvalue weighted by molar-refractivity contribution is 5.54. The molecule has 5 heteroatoms. The molecule has 1 aromatic carbocycles. The third kappa shape index (κ3) is 3.89. The molecule has 0 heterocycles. The highest BCUT2D eigenvalue weighted by Gasteiger charge is 2.33. The lowest BCUT2D eigenvalue weighted by molar-refractivity contribution is -0.137. The van der Waals surface area contributed by atoms with Gasteiger partial charge in [-0.3, -0.25) is 0 Å². The molecule has 0 bridgehead atoms. The molecule has 110 valence electrons. The standard InChI is InChI=1S/C15H19F3N2/c1-4-11(5-2)10(3)20-13-6-7-14(15(16,17)18)12(8-13)9-19/h6-8,10-11,20H,4-5H2,1-3H3. The fourth-order valence-electron chi connectivity index (χ4n) is 2.35. The van der Waals surface area contributed by atoms with Crippen molar-refractivity contribution in [1.82, 2.24) is 0 Å². The van der Waals surface area contributed by atoms with E-state index in [-0.39, 0.29) is 11.6 Å². The summed E-state index contributed by atoms with van der Waals surface area (Å²) in [5.41, 5.74) is -0.686. The number of nitrogens with one attached hydrogen (secondary N) is 1. The fourth-order valence-corrected chi connectivity index (χ4v) is 2.35. The first-order chi connectivity index (χ1) is 9.33. The Kier molecular flexibility index (Phi) is 5.43. The van der Waals surface area contributed by atoms with Crippen LogP contribution in [0.2, 0.25) is 0 Å². The van der Waals surface area contributed by atoms with Crippen LogP contribution < -0.4 is 5.32 Å². The van der Waals surface area contributed by atoms with E-state index in [1.807, 2.05) is 6.92 Å². The van der Waals surface area contributed by atoms with Gasteiger partial charge in [0.2, 0.25) is 0 Å². The second-order valence-corrected chi connectivity index (χ2v) is 4.88. The van der Waals surface area contributed by atoms with E-state index in [1.54, 1.807) is 6.07 Å². The van der Waals surface area contributed by atoms with Crippen LogP contribution in [0.4, 0.5) is 18.9 Å². The molecule has 1 aromatic rings. The van der Waals surface area contributed by atoms with Gasteiger partial charge in [0.05, 0.1) is 17.2 Å². The van der Waals surface area contributed by atoms with Gasteiger partial charge < -0.3 is 5.32 Å². The first kappa shape index (κ1) is 16.4. The molecular weight excluding hydrogens is 265 g/mol. The van der Waals surface area contributed by atoms with Gasteiger partial charge in [-0.25, -0.2) is 0 Å². The molecule has 1 N–H and O–H groups in total. The average Bonchev–Trinajstić information content (AvgIpc) is 2.38. The molecule has 2 nitrogen and oxygen atoms in total. The number of rotatable bonds is 5. The summed E-state index contributed by atoms with van der Waals surface area (Å²) in [5.74, 6) is 0.447. The molecule has 1 unspecified atom stereocenters. The van der Waals surface area contributed by atoms with Gasteiger partial charge in [0.15, 0.2) is 0 Å². The lowest BCUT2D eigenvalue weighted by Gasteiger charge is -2.24. The molecule has 0 saturated carbocycles. The highest BCUT2D eigenvalue weighted by atomic mass is 19.4. The van der Waals surface area contributed by atoms with Gasteiger partial charge >= 0.3 is 6.18 Å². The van der Waals surface area contributed by atoms with Crippen molar-refractivity contribution in [2.24, 2.45) is 5.92 Å². The molecule has 1 atom stereocenters. The van der Waals surface area contributed by atoms with Crippen LogP contribution in [-0.4, -0.2) is 6.04 Å². The van der Waals surface area contributed by atoms with E-state index >= 15 is 0 Å². The van der Waals surface area contributed by atoms with Crippen LogP contribution in [0.5, 0.6) is 0 Å². The van der Waals surface area contributed by atoms with Gasteiger partial charge in [0.25, 0.3) is 0 Å². The van der Waals surface area contributed by atoms with Gasteiger partial charge in [-0.05, 0) is 31.0 Å². The Balaban J connectivity index is 2.98. The van der Waals surface area contributed by atoms with Crippen LogP contribution in [-0.2, 0) is 6.18 Å². The van der Waals surface area contributed by atoms with Gasteiger partial charge in [0, 0.05) is 11.7 Å². The predicted octanol–water partition coefficient (Wildman–Crippen LogP) is 4.81. The summed E-state index contributed by atoms with van der Waals surface area (Å²) in [6, 6.07) is 5.36. The molecule has 0 spiro atoms. The van der Waals surface area contributed by atoms with Crippen molar-refractivity contribution in [3.8, 4) is 6.07 Å². The van der Waals surface area contributed by atoms with E-state index in [9.17, 15) is 13.2 Å². The van der Waals surface area contributed by atoms with E-state index in [0.29, 0.717) is 11.6 Å². The zero-order valence-corrected chi connectivity index (χ0v) is 11.9. The van der Waals surface area contributed by atoms with Crippen molar-refractivity contribution in [2.45, 2.75) is 45.8 Å². The summed E-state index contributed by atoms with van der Waals surface area (Å²) in [6.45, 7) is 6.17. The van der Waals surface area contributed by atoms with Crippen molar-refractivity contribution in [3.63, 3.8) is 0 Å². The molecule has 1 rings (SSSR count). The molecule has 0 aliphatic rings. The summed E-state index contributed by atoms with van der Waals surface area (Å²) < 4.78 is 38.1. The maximum absolute atomic E-state index is 12.7. The molecular formula is C15H19F3N2. The number of benzene rings is 1.